The zero-order valence-corrected chi connectivity index (χ0v) is 15.8. The van der Waals surface area contributed by atoms with Crippen LogP contribution in [0.4, 0.5) is 0 Å². The summed E-state index contributed by atoms with van der Waals surface area (Å²) in [5.41, 5.74) is 3.13. The van der Waals surface area contributed by atoms with Crippen molar-refractivity contribution in [2.45, 2.75) is 18.9 Å². The van der Waals surface area contributed by atoms with E-state index < -0.39 is 11.8 Å². The molecule has 2 amide bonds. The van der Waals surface area contributed by atoms with Gasteiger partial charge in [0.1, 0.15) is 0 Å². The summed E-state index contributed by atoms with van der Waals surface area (Å²) in [4.78, 5) is 24.6. The van der Waals surface area contributed by atoms with E-state index in [1.165, 1.54) is 0 Å². The third kappa shape index (κ3) is 5.07. The van der Waals surface area contributed by atoms with Gasteiger partial charge in [0.25, 0.3) is 0 Å². The Labute approximate surface area is 165 Å². The molecule has 0 saturated heterocycles. The van der Waals surface area contributed by atoms with Crippen LogP contribution in [0.3, 0.4) is 0 Å². The van der Waals surface area contributed by atoms with Crippen LogP contribution in [0.15, 0.2) is 91.0 Å². The second-order valence-corrected chi connectivity index (χ2v) is 6.69. The van der Waals surface area contributed by atoms with E-state index in [9.17, 15) is 9.59 Å². The lowest BCUT2D eigenvalue weighted by Crippen LogP contribution is -2.42. The van der Waals surface area contributed by atoms with E-state index in [1.807, 2.05) is 97.9 Å². The van der Waals surface area contributed by atoms with Crippen LogP contribution >= 0.6 is 0 Å². The lowest BCUT2D eigenvalue weighted by atomic mass is 9.91. The number of hydrogen-bond acceptors (Lipinski definition) is 2. The smallest absolute Gasteiger partial charge is 0.309 e. The number of amides is 2. The van der Waals surface area contributed by atoms with Crippen LogP contribution in [0.2, 0.25) is 0 Å². The molecule has 3 aromatic carbocycles. The number of carbonyl (C=O) groups is 2. The molecule has 0 bridgehead atoms. The predicted molar refractivity (Wildman–Crippen MR) is 111 cm³/mol. The summed E-state index contributed by atoms with van der Waals surface area (Å²) >= 11 is 0. The minimum Gasteiger partial charge on any atom is -0.347 e. The molecular weight excluding hydrogens is 348 g/mol. The number of rotatable bonds is 6. The number of benzene rings is 3. The summed E-state index contributed by atoms with van der Waals surface area (Å²) in [6, 6.07) is 29.3. The Kier molecular flexibility index (Phi) is 6.58. The van der Waals surface area contributed by atoms with Gasteiger partial charge in [-0.25, -0.2) is 0 Å². The second kappa shape index (κ2) is 9.51. The first kappa shape index (κ1) is 19.4. The molecule has 0 heterocycles. The van der Waals surface area contributed by atoms with Gasteiger partial charge in [-0.05, 0) is 23.6 Å². The Balaban J connectivity index is 1.64. The molecule has 4 heteroatoms. The largest absolute Gasteiger partial charge is 0.347 e. The fourth-order valence-corrected chi connectivity index (χ4v) is 3.16. The topological polar surface area (TPSA) is 58.2 Å². The van der Waals surface area contributed by atoms with E-state index in [-0.39, 0.29) is 12.0 Å². The van der Waals surface area contributed by atoms with E-state index in [0.717, 1.165) is 16.7 Å². The van der Waals surface area contributed by atoms with E-state index in [2.05, 4.69) is 10.6 Å². The van der Waals surface area contributed by atoms with Gasteiger partial charge in [-0.15, -0.1) is 0 Å². The van der Waals surface area contributed by atoms with Gasteiger partial charge in [0.15, 0.2) is 0 Å². The number of carbonyl (C=O) groups excluding carboxylic acids is 2. The molecule has 0 aliphatic heterocycles. The molecular formula is C24H24N2O2. The van der Waals surface area contributed by atoms with Crippen molar-refractivity contribution in [1.29, 1.82) is 0 Å². The summed E-state index contributed by atoms with van der Waals surface area (Å²) in [6.07, 6.45) is 0. The van der Waals surface area contributed by atoms with Crippen molar-refractivity contribution >= 4 is 11.8 Å². The molecule has 0 unspecified atom stereocenters. The van der Waals surface area contributed by atoms with E-state index in [4.69, 9.17) is 0 Å². The molecule has 0 aliphatic rings. The van der Waals surface area contributed by atoms with Gasteiger partial charge >= 0.3 is 11.8 Å². The maximum Gasteiger partial charge on any atom is 0.309 e. The number of nitrogens with one attached hydrogen (secondary N) is 2. The third-order valence-electron chi connectivity index (χ3n) is 4.72. The molecule has 3 rings (SSSR count). The highest BCUT2D eigenvalue weighted by atomic mass is 16.2. The Hall–Kier alpha value is -3.40. The summed E-state index contributed by atoms with van der Waals surface area (Å²) in [6.45, 7) is 2.21. The molecule has 0 aromatic heterocycles. The van der Waals surface area contributed by atoms with Gasteiger partial charge in [-0.2, -0.15) is 0 Å². The first-order valence-corrected chi connectivity index (χ1v) is 9.38. The maximum atomic E-state index is 12.4. The van der Waals surface area contributed by atoms with E-state index in [0.29, 0.717) is 6.54 Å². The van der Waals surface area contributed by atoms with Crippen molar-refractivity contribution in [3.05, 3.63) is 108 Å². The Morgan fingerprint density at radius 1 is 0.679 bits per heavy atom. The summed E-state index contributed by atoms with van der Waals surface area (Å²) in [5.74, 6) is -1.28. The van der Waals surface area contributed by atoms with Crippen LogP contribution in [0.1, 0.15) is 35.6 Å². The molecule has 4 nitrogen and oxygen atoms in total. The quantitative estimate of drug-likeness (QED) is 0.647. The van der Waals surface area contributed by atoms with Crippen molar-refractivity contribution in [2.24, 2.45) is 0 Å². The molecule has 1 atom stereocenters. The van der Waals surface area contributed by atoms with Gasteiger partial charge in [0.05, 0.1) is 6.04 Å². The summed E-state index contributed by atoms with van der Waals surface area (Å²) in [7, 11) is 0. The second-order valence-electron chi connectivity index (χ2n) is 6.69. The van der Waals surface area contributed by atoms with Crippen molar-refractivity contribution in [3.63, 3.8) is 0 Å². The Bertz CT molecular complexity index is 856. The first-order chi connectivity index (χ1) is 13.6. The highest BCUT2D eigenvalue weighted by Gasteiger charge is 2.20. The molecule has 3 aromatic rings. The normalized spacial score (nSPS) is 11.6. The van der Waals surface area contributed by atoms with Gasteiger partial charge < -0.3 is 10.6 Å². The number of hydrogen-bond donors (Lipinski definition) is 2. The van der Waals surface area contributed by atoms with Crippen LogP contribution in [-0.4, -0.2) is 18.4 Å². The maximum absolute atomic E-state index is 12.4. The fraction of sp³-hybridized carbons (Fsp3) is 0.167. The van der Waals surface area contributed by atoms with Gasteiger partial charge in [-0.3, -0.25) is 9.59 Å². The molecule has 28 heavy (non-hydrogen) atoms. The monoisotopic (exact) mass is 372 g/mol. The average molecular weight is 372 g/mol. The SMILES string of the molecule is C[C@H](NC(=O)C(=O)NCC(c1ccccc1)c1ccccc1)c1ccccc1. The van der Waals surface area contributed by atoms with Crippen LogP contribution in [-0.2, 0) is 9.59 Å². The lowest BCUT2D eigenvalue weighted by molar-refractivity contribution is -0.139. The predicted octanol–water partition coefficient (Wildman–Crippen LogP) is 3.81. The van der Waals surface area contributed by atoms with Crippen molar-refractivity contribution < 1.29 is 9.59 Å². The van der Waals surface area contributed by atoms with Gasteiger partial charge in [-0.1, -0.05) is 91.0 Å². The molecule has 0 radical (unpaired) electrons. The minimum atomic E-state index is -0.628. The zero-order valence-electron chi connectivity index (χ0n) is 15.8. The Morgan fingerprint density at radius 2 is 1.11 bits per heavy atom. The molecule has 2 N–H and O–H groups in total. The average Bonchev–Trinajstić information content (AvgIpc) is 2.76. The highest BCUT2D eigenvalue weighted by molar-refractivity contribution is 6.35. The molecule has 0 aliphatic carbocycles. The lowest BCUT2D eigenvalue weighted by Gasteiger charge is -2.19. The third-order valence-corrected chi connectivity index (χ3v) is 4.72. The summed E-state index contributed by atoms with van der Waals surface area (Å²) in [5, 5.41) is 5.53. The standard InChI is InChI=1S/C24H24N2O2/c1-18(19-11-5-2-6-12-19)26-24(28)23(27)25-17-22(20-13-7-3-8-14-20)21-15-9-4-10-16-21/h2-16,18,22H,17H2,1H3,(H,25,27)(H,26,28)/t18-/m0/s1. The van der Waals surface area contributed by atoms with Gasteiger partial charge in [0.2, 0.25) is 0 Å². The van der Waals surface area contributed by atoms with Crippen LogP contribution in [0.25, 0.3) is 0 Å². The highest BCUT2D eigenvalue weighted by Crippen LogP contribution is 2.23. The van der Waals surface area contributed by atoms with Gasteiger partial charge in [0, 0.05) is 12.5 Å². The van der Waals surface area contributed by atoms with Crippen molar-refractivity contribution in [1.82, 2.24) is 10.6 Å². The van der Waals surface area contributed by atoms with Crippen molar-refractivity contribution in [3.8, 4) is 0 Å². The first-order valence-electron chi connectivity index (χ1n) is 9.38. The fourth-order valence-electron chi connectivity index (χ4n) is 3.16. The van der Waals surface area contributed by atoms with Crippen LogP contribution in [0, 0.1) is 0 Å². The minimum absolute atomic E-state index is 0.0225. The van der Waals surface area contributed by atoms with Crippen LogP contribution in [0.5, 0.6) is 0 Å². The molecule has 142 valence electrons. The van der Waals surface area contributed by atoms with E-state index in [1.54, 1.807) is 0 Å². The Morgan fingerprint density at radius 3 is 1.57 bits per heavy atom. The molecule has 0 saturated carbocycles. The van der Waals surface area contributed by atoms with Crippen LogP contribution < -0.4 is 10.6 Å². The summed E-state index contributed by atoms with van der Waals surface area (Å²) < 4.78 is 0. The van der Waals surface area contributed by atoms with E-state index >= 15 is 0 Å². The zero-order chi connectivity index (χ0) is 19.8. The van der Waals surface area contributed by atoms with Crippen molar-refractivity contribution in [2.75, 3.05) is 6.54 Å². The molecule has 0 fully saturated rings. The molecule has 0 spiro atoms.